The van der Waals surface area contributed by atoms with Gasteiger partial charge in [-0.15, -0.1) is 0 Å². The molecule has 9 nitrogen and oxygen atoms in total. The van der Waals surface area contributed by atoms with Crippen LogP contribution >= 0.6 is 0 Å². The molecule has 2 N–H and O–H groups in total. The van der Waals surface area contributed by atoms with Crippen molar-refractivity contribution in [3.05, 3.63) is 20.4 Å². The van der Waals surface area contributed by atoms with E-state index in [1.165, 1.54) is 128 Å². The van der Waals surface area contributed by atoms with E-state index < -0.39 is 10.9 Å². The number of hydrogen-bond acceptors (Lipinski definition) is 9. The monoisotopic (exact) mass is 848 g/mol. The number of esters is 1. The number of carbonyl (C=O) groups is 2. The quantitative estimate of drug-likeness (QED) is 0.0287. The van der Waals surface area contributed by atoms with Gasteiger partial charge >= 0.3 is 5.97 Å². The minimum absolute atomic E-state index is 0.00141. The molecule has 1 aromatic carbocycles. The van der Waals surface area contributed by atoms with Gasteiger partial charge in [-0.1, -0.05) is 156 Å². The van der Waals surface area contributed by atoms with Crippen molar-refractivity contribution in [2.75, 3.05) is 51.0 Å². The highest BCUT2D eigenvalue weighted by Crippen LogP contribution is 2.19. The molecule has 352 valence electrons. The van der Waals surface area contributed by atoms with Crippen molar-refractivity contribution < 1.29 is 19.1 Å². The van der Waals surface area contributed by atoms with Crippen molar-refractivity contribution in [2.24, 2.45) is 0 Å². The number of nitrogens with one attached hydrogen (secondary N) is 2. The first-order valence-electron chi connectivity index (χ1n) is 25.4. The van der Waals surface area contributed by atoms with Crippen molar-refractivity contribution in [1.29, 1.82) is 0 Å². The molecule has 0 saturated carbocycles. The fraction of sp³-hybridized carbons (Fsp3) is 0.882. The lowest BCUT2D eigenvalue weighted by Crippen LogP contribution is -2.37. The van der Waals surface area contributed by atoms with Crippen LogP contribution in [0.5, 0.6) is 0 Å². The van der Waals surface area contributed by atoms with Gasteiger partial charge in [-0.2, -0.15) is 0 Å². The van der Waals surface area contributed by atoms with E-state index >= 15 is 0 Å². The maximum atomic E-state index is 12.7. The summed E-state index contributed by atoms with van der Waals surface area (Å²) < 4.78 is 11.2. The van der Waals surface area contributed by atoms with Gasteiger partial charge in [-0.3, -0.25) is 14.4 Å². The van der Waals surface area contributed by atoms with E-state index in [0.29, 0.717) is 36.9 Å². The third-order valence-corrected chi connectivity index (χ3v) is 11.9. The molecular formula is C51H97N3O6. The highest BCUT2D eigenvalue weighted by atomic mass is 16.5. The number of ether oxygens (including phenoxy) is 2. The lowest BCUT2D eigenvalue weighted by molar-refractivity contribution is -0.150. The van der Waals surface area contributed by atoms with Crippen LogP contribution in [0.3, 0.4) is 0 Å². The van der Waals surface area contributed by atoms with Gasteiger partial charge in [0.15, 0.2) is 0 Å². The average Bonchev–Trinajstić information content (AvgIpc) is 3.25. The molecule has 0 spiro atoms. The third-order valence-electron chi connectivity index (χ3n) is 11.9. The van der Waals surface area contributed by atoms with Crippen LogP contribution < -0.4 is 21.5 Å². The Labute approximate surface area is 369 Å². The van der Waals surface area contributed by atoms with Crippen LogP contribution in [-0.2, 0) is 19.1 Å². The van der Waals surface area contributed by atoms with E-state index in [4.69, 9.17) is 9.47 Å². The second kappa shape index (κ2) is 43.4. The predicted octanol–water partition coefficient (Wildman–Crippen LogP) is 13.1. The van der Waals surface area contributed by atoms with Crippen molar-refractivity contribution in [2.45, 2.75) is 252 Å². The molecule has 1 aromatic rings. The summed E-state index contributed by atoms with van der Waals surface area (Å²) in [7, 11) is 3.45. The first-order chi connectivity index (χ1) is 29.3. The number of anilines is 2. The maximum Gasteiger partial charge on any atom is 0.306 e. The molecule has 60 heavy (non-hydrogen) atoms. The van der Waals surface area contributed by atoms with Gasteiger partial charge in [0.1, 0.15) is 23.8 Å². The Morgan fingerprint density at radius 1 is 0.583 bits per heavy atom. The number of rotatable bonds is 44. The minimum Gasteiger partial charge on any atom is -0.462 e. The number of aldehydes is 1. The molecule has 0 amide bonds. The van der Waals surface area contributed by atoms with Crippen LogP contribution in [-0.4, -0.2) is 69.7 Å². The standard InChI is InChI=1S/C41H75N3O5.C10H22O/c1-4-6-8-10-15-21-28-36(29-22-16-11-9-7-5-2)49-37(46)30-23-17-14-19-25-33-44(32-24-18-12-13-20-26-35-45)34-27-31-43-39-38(42-3)40(47)41(39)48;1-4-5-6-7-8-9-10(2)11-3/h35-36,42-43H,4-34H2,1-3H3;10H,4-9H2,1-3H3. The van der Waals surface area contributed by atoms with Crippen LogP contribution in [0.25, 0.3) is 0 Å². The summed E-state index contributed by atoms with van der Waals surface area (Å²) in [6.07, 6.45) is 40.0. The topological polar surface area (TPSA) is 114 Å². The van der Waals surface area contributed by atoms with Crippen LogP contribution in [0.1, 0.15) is 240 Å². The third kappa shape index (κ3) is 33.4. The molecule has 1 unspecified atom stereocenters. The first-order valence-corrected chi connectivity index (χ1v) is 25.4. The molecule has 0 aliphatic heterocycles. The Morgan fingerprint density at radius 2 is 1.02 bits per heavy atom. The molecule has 1 rings (SSSR count). The molecule has 0 heterocycles. The highest BCUT2D eigenvalue weighted by Gasteiger charge is 2.19. The van der Waals surface area contributed by atoms with Crippen LogP contribution in [0.2, 0.25) is 0 Å². The van der Waals surface area contributed by atoms with E-state index in [1.54, 1.807) is 14.2 Å². The van der Waals surface area contributed by atoms with Crippen LogP contribution in [0.15, 0.2) is 9.59 Å². The lowest BCUT2D eigenvalue weighted by atomic mass is 10.0. The molecule has 0 bridgehead atoms. The van der Waals surface area contributed by atoms with Gasteiger partial charge in [-0.05, 0) is 90.8 Å². The summed E-state index contributed by atoms with van der Waals surface area (Å²) in [6, 6.07) is 0. The fourth-order valence-electron chi connectivity index (χ4n) is 7.84. The summed E-state index contributed by atoms with van der Waals surface area (Å²) >= 11 is 0. The largest absolute Gasteiger partial charge is 0.462 e. The number of hydrogen-bond donors (Lipinski definition) is 2. The Kier molecular flexibility index (Phi) is 41.8. The molecule has 0 radical (unpaired) electrons. The van der Waals surface area contributed by atoms with E-state index in [9.17, 15) is 19.2 Å². The zero-order chi connectivity index (χ0) is 44.3. The van der Waals surface area contributed by atoms with Crippen molar-refractivity contribution in [1.82, 2.24) is 4.90 Å². The smallest absolute Gasteiger partial charge is 0.306 e. The van der Waals surface area contributed by atoms with Crippen molar-refractivity contribution in [3.63, 3.8) is 0 Å². The molecule has 9 heteroatoms. The number of methoxy groups -OCH3 is 1. The van der Waals surface area contributed by atoms with E-state index in [2.05, 4.69) is 43.2 Å². The number of unbranched alkanes of at least 4 members (excludes halogenated alkanes) is 23. The minimum atomic E-state index is -0.437. The summed E-state index contributed by atoms with van der Waals surface area (Å²) in [5.41, 5.74) is -0.0479. The van der Waals surface area contributed by atoms with Gasteiger partial charge in [0.05, 0.1) is 6.10 Å². The molecule has 0 aromatic heterocycles. The van der Waals surface area contributed by atoms with Crippen LogP contribution in [0, 0.1) is 0 Å². The summed E-state index contributed by atoms with van der Waals surface area (Å²) in [6.45, 7) is 12.6. The summed E-state index contributed by atoms with van der Waals surface area (Å²) in [4.78, 5) is 49.3. The lowest BCUT2D eigenvalue weighted by Gasteiger charge is -2.23. The second-order valence-electron chi connectivity index (χ2n) is 17.5. The molecular weight excluding hydrogens is 751 g/mol. The zero-order valence-corrected chi connectivity index (χ0v) is 40.3. The van der Waals surface area contributed by atoms with Gasteiger partial charge in [0, 0.05) is 33.5 Å². The normalized spacial score (nSPS) is 11.9. The first kappa shape index (κ1) is 57.7. The maximum absolute atomic E-state index is 12.7. The van der Waals surface area contributed by atoms with E-state index in [-0.39, 0.29) is 12.1 Å². The van der Waals surface area contributed by atoms with Gasteiger partial charge in [0.25, 0.3) is 10.9 Å². The molecule has 1 atom stereocenters. The van der Waals surface area contributed by atoms with Crippen molar-refractivity contribution in [3.8, 4) is 0 Å². The SMILES string of the molecule is CCCCCCCC(C)OC.CCCCCCCCC(CCCCCCCC)OC(=O)CCCCCCCN(CCCCCCCC=O)CCCNc1c(NC)c(=O)c1=O. The fourth-order valence-corrected chi connectivity index (χ4v) is 7.84. The van der Waals surface area contributed by atoms with E-state index in [1.807, 2.05) is 0 Å². The number of carbonyl (C=O) groups excluding carboxylic acids is 2. The number of nitrogens with zero attached hydrogens (tertiary/aromatic N) is 1. The zero-order valence-electron chi connectivity index (χ0n) is 40.3. The Bertz CT molecular complexity index is 1150. The van der Waals surface area contributed by atoms with Gasteiger partial charge in [0.2, 0.25) is 0 Å². The molecule has 0 aliphatic carbocycles. The van der Waals surface area contributed by atoms with E-state index in [0.717, 1.165) is 96.5 Å². The molecule has 0 fully saturated rings. The highest BCUT2D eigenvalue weighted by molar-refractivity contribution is 5.73. The Morgan fingerprint density at radius 3 is 1.52 bits per heavy atom. The second-order valence-corrected chi connectivity index (χ2v) is 17.5. The van der Waals surface area contributed by atoms with Crippen LogP contribution in [0.4, 0.5) is 11.4 Å². The summed E-state index contributed by atoms with van der Waals surface area (Å²) in [5.74, 6) is -0.00141. The molecule has 0 aliphatic rings. The molecule has 0 saturated heterocycles. The van der Waals surface area contributed by atoms with Crippen molar-refractivity contribution >= 4 is 23.6 Å². The summed E-state index contributed by atoms with van der Waals surface area (Å²) in [5, 5.41) is 5.97. The predicted molar refractivity (Wildman–Crippen MR) is 258 cm³/mol. The Hall–Kier alpha value is -2.26. The van der Waals surface area contributed by atoms with Gasteiger partial charge < -0.3 is 29.8 Å². The van der Waals surface area contributed by atoms with Gasteiger partial charge in [-0.25, -0.2) is 0 Å². The average molecular weight is 848 g/mol. The Balaban J connectivity index is 0.00000275.